The lowest BCUT2D eigenvalue weighted by molar-refractivity contribution is -0.122. The summed E-state index contributed by atoms with van der Waals surface area (Å²) in [5.41, 5.74) is 0. The number of amides is 2. The van der Waals surface area contributed by atoms with Gasteiger partial charge in [0.1, 0.15) is 5.82 Å². The molecule has 0 saturated heterocycles. The molecule has 2 heterocycles. The summed E-state index contributed by atoms with van der Waals surface area (Å²) in [5, 5.41) is 13.9. The molecule has 20 heavy (non-hydrogen) atoms. The molecule has 2 rings (SSSR count). The monoisotopic (exact) mass is 279 g/mol. The van der Waals surface area contributed by atoms with Gasteiger partial charge in [-0.15, -0.1) is 10.2 Å². The maximum absolute atomic E-state index is 11.8. The summed E-state index contributed by atoms with van der Waals surface area (Å²) in [6, 6.07) is -0.136. The van der Waals surface area contributed by atoms with E-state index in [0.717, 1.165) is 31.0 Å². The van der Waals surface area contributed by atoms with E-state index >= 15 is 0 Å². The van der Waals surface area contributed by atoms with Gasteiger partial charge < -0.3 is 15.2 Å². The molecule has 1 aliphatic rings. The molecule has 0 radical (unpaired) electrons. The maximum Gasteiger partial charge on any atom is 0.220 e. The average molecular weight is 279 g/mol. The van der Waals surface area contributed by atoms with Crippen molar-refractivity contribution in [2.45, 2.75) is 52.1 Å². The van der Waals surface area contributed by atoms with Crippen LogP contribution in [-0.4, -0.2) is 33.1 Å². The molecule has 1 aromatic rings. The second-order valence-electron chi connectivity index (χ2n) is 5.11. The van der Waals surface area contributed by atoms with Gasteiger partial charge in [-0.1, -0.05) is 0 Å². The first-order chi connectivity index (χ1) is 9.58. The van der Waals surface area contributed by atoms with Crippen LogP contribution in [0.15, 0.2) is 0 Å². The van der Waals surface area contributed by atoms with Crippen LogP contribution >= 0.6 is 0 Å². The number of nitrogens with zero attached hydrogens (tertiary/aromatic N) is 3. The van der Waals surface area contributed by atoms with E-state index < -0.39 is 0 Å². The second kappa shape index (κ2) is 6.49. The van der Waals surface area contributed by atoms with Gasteiger partial charge in [0, 0.05) is 32.9 Å². The zero-order valence-corrected chi connectivity index (χ0v) is 12.0. The van der Waals surface area contributed by atoms with Gasteiger partial charge in [0.25, 0.3) is 0 Å². The van der Waals surface area contributed by atoms with E-state index in [4.69, 9.17) is 0 Å². The number of carbonyl (C=O) groups excluding carboxylic acids is 2. The van der Waals surface area contributed by atoms with Crippen molar-refractivity contribution < 1.29 is 9.59 Å². The molecule has 110 valence electrons. The van der Waals surface area contributed by atoms with Crippen LogP contribution in [0.25, 0.3) is 0 Å². The Balaban J connectivity index is 1.77. The van der Waals surface area contributed by atoms with E-state index in [2.05, 4.69) is 25.4 Å². The zero-order valence-electron chi connectivity index (χ0n) is 12.0. The molecule has 1 aromatic heterocycles. The predicted molar refractivity (Wildman–Crippen MR) is 72.8 cm³/mol. The van der Waals surface area contributed by atoms with E-state index in [9.17, 15) is 9.59 Å². The quantitative estimate of drug-likeness (QED) is 0.734. The number of rotatable bonds is 6. The third-order valence-corrected chi connectivity index (χ3v) is 3.36. The minimum Gasteiger partial charge on any atom is -0.356 e. The highest BCUT2D eigenvalue weighted by molar-refractivity contribution is 5.76. The molecule has 0 bridgehead atoms. The number of nitrogens with one attached hydrogen (secondary N) is 2. The van der Waals surface area contributed by atoms with Crippen LogP contribution in [0.1, 0.15) is 50.8 Å². The van der Waals surface area contributed by atoms with Gasteiger partial charge in [0.2, 0.25) is 11.8 Å². The number of aryl methyl sites for hydroxylation is 1. The molecule has 2 N–H and O–H groups in total. The fourth-order valence-electron chi connectivity index (χ4n) is 2.38. The number of fused-ring (bicyclic) bond motifs is 1. The first kappa shape index (κ1) is 14.5. The minimum atomic E-state index is -0.136. The van der Waals surface area contributed by atoms with Crippen LogP contribution < -0.4 is 10.6 Å². The van der Waals surface area contributed by atoms with Gasteiger partial charge >= 0.3 is 0 Å². The Bertz CT molecular complexity index is 497. The molecule has 7 heteroatoms. The first-order valence-corrected chi connectivity index (χ1v) is 7.03. The zero-order chi connectivity index (χ0) is 14.5. The van der Waals surface area contributed by atoms with Crippen molar-refractivity contribution >= 4 is 11.8 Å². The van der Waals surface area contributed by atoms with Crippen molar-refractivity contribution in [2.24, 2.45) is 0 Å². The van der Waals surface area contributed by atoms with Crippen LogP contribution in [0.5, 0.6) is 0 Å². The smallest absolute Gasteiger partial charge is 0.220 e. The topological polar surface area (TPSA) is 88.9 Å². The molecule has 7 nitrogen and oxygen atoms in total. The molecule has 0 saturated carbocycles. The molecular weight excluding hydrogens is 258 g/mol. The summed E-state index contributed by atoms with van der Waals surface area (Å²) in [6.45, 7) is 4.84. The van der Waals surface area contributed by atoms with Crippen molar-refractivity contribution in [3.05, 3.63) is 11.6 Å². The van der Waals surface area contributed by atoms with Crippen LogP contribution in [0.3, 0.4) is 0 Å². The fourth-order valence-corrected chi connectivity index (χ4v) is 2.38. The van der Waals surface area contributed by atoms with Crippen molar-refractivity contribution in [1.29, 1.82) is 0 Å². The third kappa shape index (κ3) is 3.55. The summed E-state index contributed by atoms with van der Waals surface area (Å²) >= 11 is 0. The molecule has 0 aliphatic carbocycles. The Kier molecular flexibility index (Phi) is 4.70. The highest BCUT2D eigenvalue weighted by Crippen LogP contribution is 2.18. The lowest BCUT2D eigenvalue weighted by Gasteiger charge is -2.13. The largest absolute Gasteiger partial charge is 0.356 e. The summed E-state index contributed by atoms with van der Waals surface area (Å²) in [6.07, 6.45) is 3.08. The summed E-state index contributed by atoms with van der Waals surface area (Å²) in [7, 11) is 0. The van der Waals surface area contributed by atoms with Gasteiger partial charge in [-0.05, 0) is 19.8 Å². The number of hydrogen-bond acceptors (Lipinski definition) is 4. The van der Waals surface area contributed by atoms with E-state index in [1.807, 2.05) is 6.92 Å². The van der Waals surface area contributed by atoms with Gasteiger partial charge in [-0.3, -0.25) is 9.59 Å². The fraction of sp³-hybridized carbons (Fsp3) is 0.692. The van der Waals surface area contributed by atoms with Crippen LogP contribution in [0, 0.1) is 0 Å². The Hall–Kier alpha value is -1.92. The number of hydrogen-bond donors (Lipinski definition) is 2. The van der Waals surface area contributed by atoms with Crippen molar-refractivity contribution in [3.8, 4) is 0 Å². The molecule has 0 fully saturated rings. The molecule has 0 aromatic carbocycles. The predicted octanol–water partition coefficient (Wildman–Crippen LogP) is 0.318. The lowest BCUT2D eigenvalue weighted by Crippen LogP contribution is -2.29. The lowest BCUT2D eigenvalue weighted by atomic mass is 10.2. The average Bonchev–Trinajstić information content (AvgIpc) is 2.96. The van der Waals surface area contributed by atoms with Crippen molar-refractivity contribution in [1.82, 2.24) is 25.4 Å². The van der Waals surface area contributed by atoms with Crippen LogP contribution in [-0.2, 0) is 22.6 Å². The minimum absolute atomic E-state index is 0.0294. The Morgan fingerprint density at radius 1 is 1.40 bits per heavy atom. The standard InChI is InChI=1S/C13H21N5O2/c1-9(13-17-16-11-5-4-8-18(11)13)15-12(20)6-3-7-14-10(2)19/h9H,3-8H2,1-2H3,(H,14,19)(H,15,20)/t9-/m0/s1. The van der Waals surface area contributed by atoms with E-state index in [1.165, 1.54) is 6.92 Å². The van der Waals surface area contributed by atoms with E-state index in [1.54, 1.807) is 0 Å². The number of carbonyl (C=O) groups is 2. The highest BCUT2D eigenvalue weighted by atomic mass is 16.2. The second-order valence-corrected chi connectivity index (χ2v) is 5.11. The normalized spacial score (nSPS) is 14.7. The van der Waals surface area contributed by atoms with Crippen LogP contribution in [0.2, 0.25) is 0 Å². The highest BCUT2D eigenvalue weighted by Gasteiger charge is 2.22. The summed E-state index contributed by atoms with van der Waals surface area (Å²) in [4.78, 5) is 22.5. The summed E-state index contributed by atoms with van der Waals surface area (Å²) < 4.78 is 2.09. The SMILES string of the molecule is CC(=O)NCCCC(=O)N[C@@H](C)c1nnc2n1CCC2. The summed E-state index contributed by atoms with van der Waals surface area (Å²) in [5.74, 6) is 1.73. The van der Waals surface area contributed by atoms with Gasteiger partial charge in [0.05, 0.1) is 6.04 Å². The molecule has 0 unspecified atom stereocenters. The van der Waals surface area contributed by atoms with Gasteiger partial charge in [-0.25, -0.2) is 0 Å². The first-order valence-electron chi connectivity index (χ1n) is 7.03. The molecule has 1 atom stereocenters. The third-order valence-electron chi connectivity index (χ3n) is 3.36. The number of aromatic nitrogens is 3. The molecule has 1 aliphatic heterocycles. The maximum atomic E-state index is 11.8. The molecule has 2 amide bonds. The Morgan fingerprint density at radius 2 is 2.20 bits per heavy atom. The van der Waals surface area contributed by atoms with Crippen molar-refractivity contribution in [2.75, 3.05) is 6.54 Å². The van der Waals surface area contributed by atoms with E-state index in [-0.39, 0.29) is 17.9 Å². The van der Waals surface area contributed by atoms with E-state index in [0.29, 0.717) is 19.4 Å². The Labute approximate surface area is 118 Å². The van der Waals surface area contributed by atoms with Gasteiger partial charge in [-0.2, -0.15) is 0 Å². The van der Waals surface area contributed by atoms with Crippen molar-refractivity contribution in [3.63, 3.8) is 0 Å². The molecule has 0 spiro atoms. The van der Waals surface area contributed by atoms with Gasteiger partial charge in [0.15, 0.2) is 5.82 Å². The van der Waals surface area contributed by atoms with Crippen LogP contribution in [0.4, 0.5) is 0 Å². The Morgan fingerprint density at radius 3 is 2.95 bits per heavy atom. The molecular formula is C13H21N5O2.